The lowest BCUT2D eigenvalue weighted by atomic mass is 9.98. The zero-order valence-electron chi connectivity index (χ0n) is 19.8. The molecule has 178 valence electrons. The first-order valence-corrected chi connectivity index (χ1v) is 11.5. The molecule has 0 aliphatic rings. The predicted molar refractivity (Wildman–Crippen MR) is 134 cm³/mol. The van der Waals surface area contributed by atoms with Crippen LogP contribution in [0.25, 0.3) is 0 Å². The number of hydrogen-bond donors (Lipinski definition) is 2. The van der Waals surface area contributed by atoms with Crippen LogP contribution >= 0.6 is 11.6 Å². The molecule has 0 saturated heterocycles. The topological polar surface area (TPSA) is 73.2 Å². The lowest BCUT2D eigenvalue weighted by Crippen LogP contribution is -2.32. The van der Waals surface area contributed by atoms with Gasteiger partial charge in [0.1, 0.15) is 22.3 Å². The molecule has 0 unspecified atom stereocenters. The third kappa shape index (κ3) is 6.80. The van der Waals surface area contributed by atoms with Gasteiger partial charge in [0.15, 0.2) is 0 Å². The van der Waals surface area contributed by atoms with Gasteiger partial charge in [0, 0.05) is 19.2 Å². The van der Waals surface area contributed by atoms with Gasteiger partial charge in [0.2, 0.25) is 0 Å². The standard InChI is InChI=1S/C26H33ClN2O4/c1-6-12-28(5)14-9-15-33-24-11-8-10-21(25(24)27)29(13-7-2)26(32)20-16-19(18(3)4)22(30)17-23(20)31/h1,8,10-11,16-18,30-31H,7,9,12-15H2,2-5H3. The Balaban J connectivity index is 2.29. The average Bonchev–Trinajstić information content (AvgIpc) is 2.76. The monoisotopic (exact) mass is 472 g/mol. The van der Waals surface area contributed by atoms with Crippen molar-refractivity contribution in [3.8, 4) is 29.6 Å². The second kappa shape index (κ2) is 12.4. The maximum absolute atomic E-state index is 13.5. The van der Waals surface area contributed by atoms with Crippen LogP contribution in [0.4, 0.5) is 5.69 Å². The molecule has 2 rings (SSSR count). The number of nitrogens with zero attached hydrogens (tertiary/aromatic N) is 2. The molecule has 0 aliphatic heterocycles. The number of amides is 1. The van der Waals surface area contributed by atoms with E-state index in [-0.39, 0.29) is 23.0 Å². The molecule has 0 bridgehead atoms. The highest BCUT2D eigenvalue weighted by Crippen LogP contribution is 2.38. The fraction of sp³-hybridized carbons (Fsp3) is 0.423. The molecule has 33 heavy (non-hydrogen) atoms. The Labute approximate surface area is 201 Å². The van der Waals surface area contributed by atoms with Gasteiger partial charge in [-0.15, -0.1) is 6.42 Å². The molecule has 6 nitrogen and oxygen atoms in total. The molecule has 0 atom stereocenters. The number of benzene rings is 2. The molecule has 0 fully saturated rings. The Hall–Kier alpha value is -2.88. The van der Waals surface area contributed by atoms with E-state index in [0.717, 1.165) is 13.0 Å². The summed E-state index contributed by atoms with van der Waals surface area (Å²) in [6.07, 6.45) is 6.78. The van der Waals surface area contributed by atoms with E-state index in [9.17, 15) is 15.0 Å². The van der Waals surface area contributed by atoms with Crippen LogP contribution in [-0.2, 0) is 0 Å². The molecule has 0 radical (unpaired) electrons. The maximum Gasteiger partial charge on any atom is 0.262 e. The second-order valence-corrected chi connectivity index (χ2v) is 8.65. The van der Waals surface area contributed by atoms with Gasteiger partial charge >= 0.3 is 0 Å². The summed E-state index contributed by atoms with van der Waals surface area (Å²) in [5, 5.41) is 20.9. The Kier molecular flexibility index (Phi) is 9.90. The Morgan fingerprint density at radius 1 is 1.21 bits per heavy atom. The largest absolute Gasteiger partial charge is 0.508 e. The zero-order valence-corrected chi connectivity index (χ0v) is 20.5. The molecule has 0 aliphatic carbocycles. The minimum Gasteiger partial charge on any atom is -0.508 e. The second-order valence-electron chi connectivity index (χ2n) is 8.27. The molecule has 0 aromatic heterocycles. The van der Waals surface area contributed by atoms with Crippen LogP contribution in [-0.4, -0.2) is 54.3 Å². The average molecular weight is 473 g/mol. The summed E-state index contributed by atoms with van der Waals surface area (Å²) >= 11 is 6.65. The van der Waals surface area contributed by atoms with Gasteiger partial charge in [0.25, 0.3) is 5.91 Å². The van der Waals surface area contributed by atoms with Crippen molar-refractivity contribution >= 4 is 23.2 Å². The van der Waals surface area contributed by atoms with E-state index in [1.165, 1.54) is 11.0 Å². The van der Waals surface area contributed by atoms with Crippen LogP contribution in [0.1, 0.15) is 55.5 Å². The Morgan fingerprint density at radius 2 is 1.94 bits per heavy atom. The molecular formula is C26H33ClN2O4. The maximum atomic E-state index is 13.5. The summed E-state index contributed by atoms with van der Waals surface area (Å²) in [7, 11) is 1.95. The highest BCUT2D eigenvalue weighted by Gasteiger charge is 2.25. The highest BCUT2D eigenvalue weighted by molar-refractivity contribution is 6.35. The lowest BCUT2D eigenvalue weighted by molar-refractivity contribution is 0.0984. The molecule has 0 saturated carbocycles. The van der Waals surface area contributed by atoms with Gasteiger partial charge in [-0.25, -0.2) is 0 Å². The van der Waals surface area contributed by atoms with Crippen molar-refractivity contribution in [3.05, 3.63) is 46.5 Å². The summed E-state index contributed by atoms with van der Waals surface area (Å²) in [5.41, 5.74) is 1.21. The SMILES string of the molecule is C#CCN(C)CCCOc1cccc(N(CCC)C(=O)c2cc(C(C)C)c(O)cc2O)c1Cl. The molecule has 2 aromatic carbocycles. The Bertz CT molecular complexity index is 1000. The number of phenolic OH excluding ortho intramolecular Hbond substituents is 2. The number of carbonyl (C=O) groups is 1. The summed E-state index contributed by atoms with van der Waals surface area (Å²) in [6, 6.07) is 8.06. The minimum atomic E-state index is -0.397. The first-order valence-electron chi connectivity index (χ1n) is 11.1. The number of phenols is 2. The first-order chi connectivity index (χ1) is 15.7. The van der Waals surface area contributed by atoms with E-state index >= 15 is 0 Å². The number of carbonyl (C=O) groups excluding carboxylic acids is 1. The molecule has 2 aromatic rings. The molecule has 1 amide bonds. The minimum absolute atomic E-state index is 0.0169. The van der Waals surface area contributed by atoms with E-state index in [1.54, 1.807) is 24.3 Å². The molecule has 2 N–H and O–H groups in total. The molecular weight excluding hydrogens is 440 g/mol. The van der Waals surface area contributed by atoms with Crippen LogP contribution in [0.2, 0.25) is 5.02 Å². The quantitative estimate of drug-likeness (QED) is 0.344. The summed E-state index contributed by atoms with van der Waals surface area (Å²) in [4.78, 5) is 17.0. The van der Waals surface area contributed by atoms with Crippen LogP contribution in [0.3, 0.4) is 0 Å². The number of halogens is 1. The summed E-state index contributed by atoms with van der Waals surface area (Å²) < 4.78 is 5.88. The van der Waals surface area contributed by atoms with Gasteiger partial charge in [-0.1, -0.05) is 44.4 Å². The number of terminal acetylenes is 1. The molecule has 0 spiro atoms. The number of hydrogen-bond acceptors (Lipinski definition) is 5. The van der Waals surface area contributed by atoms with Crippen molar-refractivity contribution in [2.75, 3.05) is 38.2 Å². The van der Waals surface area contributed by atoms with Crippen LogP contribution in [0, 0.1) is 12.3 Å². The van der Waals surface area contributed by atoms with E-state index in [1.807, 2.05) is 32.7 Å². The van der Waals surface area contributed by atoms with Crippen molar-refractivity contribution in [1.29, 1.82) is 0 Å². The Morgan fingerprint density at radius 3 is 2.58 bits per heavy atom. The van der Waals surface area contributed by atoms with Gasteiger partial charge < -0.3 is 19.8 Å². The van der Waals surface area contributed by atoms with Crippen LogP contribution in [0.15, 0.2) is 30.3 Å². The third-order valence-electron chi connectivity index (χ3n) is 5.23. The van der Waals surface area contributed by atoms with Gasteiger partial charge in [-0.3, -0.25) is 9.69 Å². The van der Waals surface area contributed by atoms with Gasteiger partial charge in [0.05, 0.1) is 24.4 Å². The summed E-state index contributed by atoms with van der Waals surface area (Å²) in [5.74, 6) is 2.36. The van der Waals surface area contributed by atoms with Crippen molar-refractivity contribution in [1.82, 2.24) is 4.90 Å². The number of rotatable bonds is 11. The smallest absolute Gasteiger partial charge is 0.262 e. The van der Waals surface area contributed by atoms with Gasteiger partial charge in [-0.05, 0) is 49.6 Å². The van der Waals surface area contributed by atoms with E-state index in [0.29, 0.717) is 48.1 Å². The van der Waals surface area contributed by atoms with E-state index in [2.05, 4.69) is 5.92 Å². The van der Waals surface area contributed by atoms with Crippen molar-refractivity contribution < 1.29 is 19.7 Å². The lowest BCUT2D eigenvalue weighted by Gasteiger charge is -2.25. The van der Waals surface area contributed by atoms with Crippen molar-refractivity contribution in [2.24, 2.45) is 0 Å². The van der Waals surface area contributed by atoms with Gasteiger partial charge in [-0.2, -0.15) is 0 Å². The predicted octanol–water partition coefficient (Wildman–Crippen LogP) is 5.27. The van der Waals surface area contributed by atoms with Crippen molar-refractivity contribution in [2.45, 2.75) is 39.5 Å². The fourth-order valence-corrected chi connectivity index (χ4v) is 3.78. The highest BCUT2D eigenvalue weighted by atomic mass is 35.5. The number of ether oxygens (including phenoxy) is 1. The van der Waals surface area contributed by atoms with Crippen LogP contribution in [0.5, 0.6) is 17.2 Å². The normalized spacial score (nSPS) is 11.0. The zero-order chi connectivity index (χ0) is 24.5. The molecule has 0 heterocycles. The number of aromatic hydroxyl groups is 2. The van der Waals surface area contributed by atoms with Crippen LogP contribution < -0.4 is 9.64 Å². The third-order valence-corrected chi connectivity index (χ3v) is 5.61. The van der Waals surface area contributed by atoms with E-state index in [4.69, 9.17) is 22.8 Å². The number of anilines is 1. The van der Waals surface area contributed by atoms with E-state index < -0.39 is 5.91 Å². The van der Waals surface area contributed by atoms with Crippen molar-refractivity contribution in [3.63, 3.8) is 0 Å². The fourth-order valence-electron chi connectivity index (χ4n) is 3.50. The molecule has 7 heteroatoms. The summed E-state index contributed by atoms with van der Waals surface area (Å²) in [6.45, 7) is 8.00. The first kappa shape index (κ1) is 26.4.